The van der Waals surface area contributed by atoms with Crippen molar-refractivity contribution in [3.8, 4) is 0 Å². The predicted molar refractivity (Wildman–Crippen MR) is 45.6 cm³/mol. The molecule has 0 heterocycles. The highest BCUT2D eigenvalue weighted by atomic mass is 19.4. The van der Waals surface area contributed by atoms with Crippen molar-refractivity contribution in [1.29, 1.82) is 0 Å². The first-order valence-corrected chi connectivity index (χ1v) is 4.35. The highest BCUT2D eigenvalue weighted by molar-refractivity contribution is 4.60. The molecule has 1 nitrogen and oxygen atoms in total. The van der Waals surface area contributed by atoms with E-state index in [2.05, 4.69) is 25.5 Å². The van der Waals surface area contributed by atoms with Crippen LogP contribution >= 0.6 is 0 Å². The molecule has 0 spiro atoms. The van der Waals surface area contributed by atoms with Crippen LogP contribution in [0, 0.1) is 5.41 Å². The van der Waals surface area contributed by atoms with Gasteiger partial charge in [-0.15, -0.1) is 0 Å². The Morgan fingerprint density at radius 1 is 1.08 bits per heavy atom. The van der Waals surface area contributed by atoms with Crippen molar-refractivity contribution in [3.05, 3.63) is 0 Å². The molecule has 0 aliphatic carbocycles. The van der Waals surface area contributed by atoms with Gasteiger partial charge in [0.25, 0.3) is 0 Å². The van der Waals surface area contributed by atoms with Crippen LogP contribution in [-0.2, 0) is 4.74 Å². The van der Waals surface area contributed by atoms with E-state index in [4.69, 9.17) is 0 Å². The lowest BCUT2D eigenvalue weighted by Crippen LogP contribution is -2.18. The van der Waals surface area contributed by atoms with Gasteiger partial charge in [0.2, 0.25) is 0 Å². The van der Waals surface area contributed by atoms with E-state index in [0.29, 0.717) is 6.42 Å². The molecule has 13 heavy (non-hydrogen) atoms. The Morgan fingerprint density at radius 3 is 2.00 bits per heavy atom. The van der Waals surface area contributed by atoms with Gasteiger partial charge in [-0.25, -0.2) is 0 Å². The molecule has 80 valence electrons. The van der Waals surface area contributed by atoms with Gasteiger partial charge in [0.1, 0.15) is 6.61 Å². The lowest BCUT2D eigenvalue weighted by molar-refractivity contribution is -0.174. The maximum absolute atomic E-state index is 11.6. The van der Waals surface area contributed by atoms with Gasteiger partial charge in [-0.2, -0.15) is 13.2 Å². The normalized spacial score (nSPS) is 13.4. The molecule has 0 aromatic rings. The van der Waals surface area contributed by atoms with Gasteiger partial charge in [0, 0.05) is 6.61 Å². The van der Waals surface area contributed by atoms with Gasteiger partial charge < -0.3 is 4.74 Å². The molecule has 4 heteroatoms. The zero-order valence-corrected chi connectivity index (χ0v) is 8.37. The highest BCUT2D eigenvalue weighted by Crippen LogP contribution is 2.21. The Morgan fingerprint density at radius 2 is 1.62 bits per heavy atom. The van der Waals surface area contributed by atoms with Crippen molar-refractivity contribution in [2.75, 3.05) is 13.2 Å². The third kappa shape index (κ3) is 11.8. The number of alkyl halides is 3. The van der Waals surface area contributed by atoms with Crippen molar-refractivity contribution in [2.45, 2.75) is 39.8 Å². The molecule has 0 fully saturated rings. The molecule has 0 aromatic heterocycles. The van der Waals surface area contributed by atoms with Crippen LogP contribution in [0.1, 0.15) is 33.6 Å². The van der Waals surface area contributed by atoms with E-state index in [1.165, 1.54) is 0 Å². The smallest absolute Gasteiger partial charge is 0.372 e. The van der Waals surface area contributed by atoms with Gasteiger partial charge in [0.15, 0.2) is 0 Å². The Hall–Kier alpha value is -0.250. The summed E-state index contributed by atoms with van der Waals surface area (Å²) in [6, 6.07) is 0. The molecular formula is C9H17F3O. The predicted octanol–water partition coefficient (Wildman–Crippen LogP) is 3.39. The van der Waals surface area contributed by atoms with E-state index in [9.17, 15) is 13.2 Å². The molecule has 0 saturated carbocycles. The van der Waals surface area contributed by atoms with Gasteiger partial charge in [0.05, 0.1) is 0 Å². The average molecular weight is 198 g/mol. The average Bonchev–Trinajstić information content (AvgIpc) is 1.81. The Balaban J connectivity index is 3.28. The molecule has 0 amide bonds. The fourth-order valence-electron chi connectivity index (χ4n) is 0.892. The molecule has 0 radical (unpaired) electrons. The molecule has 0 aliphatic rings. The van der Waals surface area contributed by atoms with Crippen molar-refractivity contribution < 1.29 is 17.9 Å². The van der Waals surface area contributed by atoms with Crippen LogP contribution in [0.4, 0.5) is 13.2 Å². The minimum Gasteiger partial charge on any atom is -0.372 e. The molecule has 0 aromatic carbocycles. The van der Waals surface area contributed by atoms with E-state index in [1.54, 1.807) is 0 Å². The Kier molecular flexibility index (Phi) is 4.75. The molecule has 0 aliphatic heterocycles. The van der Waals surface area contributed by atoms with Crippen molar-refractivity contribution in [1.82, 2.24) is 0 Å². The molecule has 0 unspecified atom stereocenters. The number of ether oxygens (including phenoxy) is 1. The van der Waals surface area contributed by atoms with E-state index >= 15 is 0 Å². The largest absolute Gasteiger partial charge is 0.411 e. The lowest BCUT2D eigenvalue weighted by atomic mass is 9.91. The summed E-state index contributed by atoms with van der Waals surface area (Å²) < 4.78 is 39.2. The van der Waals surface area contributed by atoms with Crippen LogP contribution in [0.15, 0.2) is 0 Å². The van der Waals surface area contributed by atoms with Crippen LogP contribution in [-0.4, -0.2) is 19.4 Å². The number of rotatable bonds is 4. The van der Waals surface area contributed by atoms with E-state index < -0.39 is 12.8 Å². The van der Waals surface area contributed by atoms with Gasteiger partial charge in [-0.3, -0.25) is 0 Å². The summed E-state index contributed by atoms with van der Waals surface area (Å²) >= 11 is 0. The monoisotopic (exact) mass is 198 g/mol. The topological polar surface area (TPSA) is 9.23 Å². The fourth-order valence-corrected chi connectivity index (χ4v) is 0.892. The summed E-state index contributed by atoms with van der Waals surface area (Å²) in [6.07, 6.45) is -2.63. The Labute approximate surface area is 77.3 Å². The van der Waals surface area contributed by atoms with Gasteiger partial charge in [-0.1, -0.05) is 20.8 Å². The first-order valence-electron chi connectivity index (χ1n) is 4.35. The van der Waals surface area contributed by atoms with E-state index in [0.717, 1.165) is 6.42 Å². The van der Waals surface area contributed by atoms with Crippen LogP contribution in [0.25, 0.3) is 0 Å². The summed E-state index contributed by atoms with van der Waals surface area (Å²) in [7, 11) is 0. The van der Waals surface area contributed by atoms with Gasteiger partial charge >= 0.3 is 6.18 Å². The number of hydrogen-bond acceptors (Lipinski definition) is 1. The van der Waals surface area contributed by atoms with Crippen LogP contribution in [0.2, 0.25) is 0 Å². The first kappa shape index (κ1) is 12.8. The molecular weight excluding hydrogens is 181 g/mol. The first-order chi connectivity index (χ1) is 5.71. The molecule has 0 bridgehead atoms. The van der Waals surface area contributed by atoms with Gasteiger partial charge in [-0.05, 0) is 18.3 Å². The van der Waals surface area contributed by atoms with Crippen LogP contribution in [0.3, 0.4) is 0 Å². The third-order valence-corrected chi connectivity index (χ3v) is 1.48. The minimum absolute atomic E-state index is 0.168. The number of halogens is 3. The summed E-state index contributed by atoms with van der Waals surface area (Å²) in [5.74, 6) is 0. The maximum Gasteiger partial charge on any atom is 0.411 e. The van der Waals surface area contributed by atoms with Crippen LogP contribution in [0.5, 0.6) is 0 Å². The van der Waals surface area contributed by atoms with E-state index in [1.807, 2.05) is 0 Å². The van der Waals surface area contributed by atoms with Crippen molar-refractivity contribution >= 4 is 0 Å². The van der Waals surface area contributed by atoms with E-state index in [-0.39, 0.29) is 12.0 Å². The quantitative estimate of drug-likeness (QED) is 0.629. The summed E-state index contributed by atoms with van der Waals surface area (Å²) in [5.41, 5.74) is 0.168. The summed E-state index contributed by atoms with van der Waals surface area (Å²) in [4.78, 5) is 0. The molecule has 0 saturated heterocycles. The minimum atomic E-state index is -4.19. The van der Waals surface area contributed by atoms with Crippen molar-refractivity contribution in [3.63, 3.8) is 0 Å². The zero-order chi connectivity index (χ0) is 10.5. The fraction of sp³-hybridized carbons (Fsp3) is 1.00. The molecule has 0 atom stereocenters. The zero-order valence-electron chi connectivity index (χ0n) is 8.37. The second kappa shape index (κ2) is 4.84. The summed E-state index contributed by atoms with van der Waals surface area (Å²) in [6.45, 7) is 5.22. The summed E-state index contributed by atoms with van der Waals surface area (Å²) in [5, 5.41) is 0. The highest BCUT2D eigenvalue weighted by Gasteiger charge is 2.27. The second-order valence-corrected chi connectivity index (χ2v) is 4.33. The van der Waals surface area contributed by atoms with Crippen LogP contribution < -0.4 is 0 Å². The SMILES string of the molecule is CC(C)(C)CCCOCC(F)(F)F. The standard InChI is InChI=1S/C9H17F3O/c1-8(2,3)5-4-6-13-7-9(10,11)12/h4-7H2,1-3H3. The lowest BCUT2D eigenvalue weighted by Gasteiger charge is -2.17. The second-order valence-electron chi connectivity index (χ2n) is 4.33. The molecule has 0 rings (SSSR count). The third-order valence-electron chi connectivity index (χ3n) is 1.48. The molecule has 0 N–H and O–H groups in total. The van der Waals surface area contributed by atoms with Crippen molar-refractivity contribution in [2.24, 2.45) is 5.41 Å². The number of hydrogen-bond donors (Lipinski definition) is 0. The Bertz CT molecular complexity index is 119. The maximum atomic E-state index is 11.6.